The van der Waals surface area contributed by atoms with Crippen molar-refractivity contribution in [3.63, 3.8) is 0 Å². The first kappa shape index (κ1) is 23.6. The van der Waals surface area contributed by atoms with Crippen molar-refractivity contribution in [2.24, 2.45) is 10.9 Å². The van der Waals surface area contributed by atoms with Crippen LogP contribution in [-0.4, -0.2) is 55.6 Å². The second-order valence-electron chi connectivity index (χ2n) is 7.00. The second kappa shape index (κ2) is 13.7. The van der Waals surface area contributed by atoms with E-state index in [0.717, 1.165) is 37.8 Å². The number of aliphatic imine (C=N–C) groups is 1. The molecular weight excluding hydrogens is 457 g/mol. The zero-order valence-corrected chi connectivity index (χ0v) is 19.7. The minimum atomic E-state index is 0. The van der Waals surface area contributed by atoms with E-state index in [2.05, 4.69) is 39.4 Å². The van der Waals surface area contributed by atoms with E-state index in [0.29, 0.717) is 0 Å². The largest absolute Gasteiger partial charge is 0.356 e. The molecular formula is C19H36IN5S. The lowest BCUT2D eigenvalue weighted by Gasteiger charge is -2.30. The van der Waals surface area contributed by atoms with Gasteiger partial charge in [-0.15, -0.1) is 35.3 Å². The summed E-state index contributed by atoms with van der Waals surface area (Å²) in [6.45, 7) is 10.2. The molecule has 2 N–H and O–H groups in total. The molecule has 1 aromatic rings. The van der Waals surface area contributed by atoms with Gasteiger partial charge in [0.2, 0.25) is 0 Å². The highest BCUT2D eigenvalue weighted by atomic mass is 127. The van der Waals surface area contributed by atoms with Crippen molar-refractivity contribution in [1.29, 1.82) is 0 Å². The summed E-state index contributed by atoms with van der Waals surface area (Å²) in [5.41, 5.74) is 0. The van der Waals surface area contributed by atoms with E-state index < -0.39 is 0 Å². The van der Waals surface area contributed by atoms with Gasteiger partial charge >= 0.3 is 0 Å². The molecule has 26 heavy (non-hydrogen) atoms. The highest BCUT2D eigenvalue weighted by molar-refractivity contribution is 14.0. The summed E-state index contributed by atoms with van der Waals surface area (Å²) < 4.78 is 0. The van der Waals surface area contributed by atoms with Crippen LogP contribution in [-0.2, 0) is 12.8 Å². The molecule has 1 aliphatic heterocycles. The van der Waals surface area contributed by atoms with Gasteiger partial charge in [0.25, 0.3) is 0 Å². The smallest absolute Gasteiger partial charge is 0.190 e. The van der Waals surface area contributed by atoms with Crippen LogP contribution in [0, 0.1) is 5.92 Å². The molecule has 1 atom stereocenters. The molecule has 1 saturated heterocycles. The van der Waals surface area contributed by atoms with Gasteiger partial charge in [0.15, 0.2) is 5.96 Å². The molecule has 0 radical (unpaired) electrons. The van der Waals surface area contributed by atoms with E-state index in [1.807, 2.05) is 24.6 Å². The van der Waals surface area contributed by atoms with Gasteiger partial charge < -0.3 is 15.5 Å². The Morgan fingerprint density at radius 1 is 1.35 bits per heavy atom. The number of hydrogen-bond acceptors (Lipinski definition) is 4. The van der Waals surface area contributed by atoms with Gasteiger partial charge in [-0.05, 0) is 51.1 Å². The normalized spacial score (nSPS) is 18.4. The molecule has 1 unspecified atom stereocenters. The summed E-state index contributed by atoms with van der Waals surface area (Å²) in [5.74, 6) is 1.78. The quantitative estimate of drug-likeness (QED) is 0.239. The van der Waals surface area contributed by atoms with Crippen molar-refractivity contribution < 1.29 is 0 Å². The Bertz CT molecular complexity index is 520. The molecule has 0 saturated carbocycles. The zero-order chi connectivity index (χ0) is 17.9. The first-order valence-electron chi connectivity index (χ1n) is 9.81. The van der Waals surface area contributed by atoms with Crippen LogP contribution in [0.5, 0.6) is 0 Å². The fraction of sp³-hybridized carbons (Fsp3) is 0.789. The number of aromatic nitrogens is 1. The summed E-state index contributed by atoms with van der Waals surface area (Å²) in [6, 6.07) is 0. The van der Waals surface area contributed by atoms with Crippen molar-refractivity contribution in [3.8, 4) is 0 Å². The Morgan fingerprint density at radius 3 is 2.85 bits per heavy atom. The number of rotatable bonds is 9. The van der Waals surface area contributed by atoms with E-state index in [1.54, 1.807) is 0 Å². The van der Waals surface area contributed by atoms with E-state index in [4.69, 9.17) is 0 Å². The maximum absolute atomic E-state index is 4.46. The van der Waals surface area contributed by atoms with Crippen molar-refractivity contribution in [2.75, 3.05) is 39.8 Å². The number of guanidine groups is 1. The summed E-state index contributed by atoms with van der Waals surface area (Å²) >= 11 is 1.81. The van der Waals surface area contributed by atoms with Gasteiger partial charge in [0, 0.05) is 44.2 Å². The molecule has 150 valence electrons. The topological polar surface area (TPSA) is 52.6 Å². The molecule has 7 heteroatoms. The molecule has 2 rings (SSSR count). The average molecular weight is 494 g/mol. The molecule has 2 heterocycles. The molecule has 1 fully saturated rings. The maximum Gasteiger partial charge on any atom is 0.190 e. The first-order valence-corrected chi connectivity index (χ1v) is 10.6. The molecule has 0 spiro atoms. The summed E-state index contributed by atoms with van der Waals surface area (Å²) in [4.78, 5) is 12.8. The Morgan fingerprint density at radius 2 is 2.15 bits per heavy atom. The Balaban J connectivity index is 0.00000338. The monoisotopic (exact) mass is 493 g/mol. The number of likely N-dealkylation sites (tertiary alicyclic amines) is 1. The molecule has 5 nitrogen and oxygen atoms in total. The fourth-order valence-electron chi connectivity index (χ4n) is 3.29. The third-order valence-electron chi connectivity index (χ3n) is 4.74. The number of aryl methyl sites for hydroxylation is 1. The predicted octanol–water partition coefficient (Wildman–Crippen LogP) is 3.54. The van der Waals surface area contributed by atoms with Gasteiger partial charge in [-0.1, -0.05) is 13.8 Å². The lowest BCUT2D eigenvalue weighted by molar-refractivity contribution is 0.181. The van der Waals surface area contributed by atoms with E-state index in [-0.39, 0.29) is 24.0 Å². The van der Waals surface area contributed by atoms with Gasteiger partial charge in [0.05, 0.1) is 5.01 Å². The predicted molar refractivity (Wildman–Crippen MR) is 124 cm³/mol. The lowest BCUT2D eigenvalue weighted by Crippen LogP contribution is -2.39. The lowest BCUT2D eigenvalue weighted by atomic mass is 10.0. The zero-order valence-electron chi connectivity index (χ0n) is 16.6. The standard InChI is InChI=1S/C19H35N5S.HI/c1-4-17-14-23-18(25-17)9-11-22-19(20-3)21-10-5-6-12-24-13-7-8-16(2)15-24;/h14,16H,4-13,15H2,1-3H3,(H2,20,21,22);1H. The van der Waals surface area contributed by atoms with Crippen LogP contribution < -0.4 is 10.6 Å². The van der Waals surface area contributed by atoms with E-state index in [1.165, 1.54) is 55.2 Å². The Kier molecular flexibility index (Phi) is 12.5. The van der Waals surface area contributed by atoms with Crippen molar-refractivity contribution >= 4 is 41.3 Å². The van der Waals surface area contributed by atoms with Gasteiger partial charge in [-0.25, -0.2) is 4.98 Å². The molecule has 0 aliphatic carbocycles. The number of piperidine rings is 1. The molecule has 0 amide bonds. The third-order valence-corrected chi connectivity index (χ3v) is 5.94. The van der Waals surface area contributed by atoms with E-state index >= 15 is 0 Å². The van der Waals surface area contributed by atoms with Crippen molar-refractivity contribution in [2.45, 2.75) is 52.4 Å². The van der Waals surface area contributed by atoms with Crippen LogP contribution in [0.3, 0.4) is 0 Å². The summed E-state index contributed by atoms with van der Waals surface area (Å²) in [6.07, 6.45) is 9.25. The maximum atomic E-state index is 4.46. The number of nitrogens with one attached hydrogen (secondary N) is 2. The summed E-state index contributed by atoms with van der Waals surface area (Å²) in [5, 5.41) is 8.01. The van der Waals surface area contributed by atoms with Crippen molar-refractivity contribution in [1.82, 2.24) is 20.5 Å². The van der Waals surface area contributed by atoms with Crippen LogP contribution in [0.2, 0.25) is 0 Å². The Hall–Kier alpha value is -0.410. The van der Waals surface area contributed by atoms with Crippen LogP contribution in [0.4, 0.5) is 0 Å². The minimum Gasteiger partial charge on any atom is -0.356 e. The number of halogens is 1. The van der Waals surface area contributed by atoms with E-state index in [9.17, 15) is 0 Å². The number of nitrogens with zero attached hydrogens (tertiary/aromatic N) is 3. The highest BCUT2D eigenvalue weighted by Crippen LogP contribution is 2.15. The summed E-state index contributed by atoms with van der Waals surface area (Å²) in [7, 11) is 1.84. The van der Waals surface area contributed by atoms with Gasteiger partial charge in [0.1, 0.15) is 0 Å². The van der Waals surface area contributed by atoms with Gasteiger partial charge in [-0.3, -0.25) is 4.99 Å². The highest BCUT2D eigenvalue weighted by Gasteiger charge is 2.15. The van der Waals surface area contributed by atoms with Crippen LogP contribution in [0.1, 0.15) is 49.4 Å². The Labute approximate surface area is 180 Å². The number of hydrogen-bond donors (Lipinski definition) is 2. The number of thiazole rings is 1. The SMILES string of the molecule is CCc1cnc(CCNC(=NC)NCCCCN2CCCC(C)C2)s1.I. The molecule has 0 bridgehead atoms. The van der Waals surface area contributed by atoms with Crippen LogP contribution in [0.25, 0.3) is 0 Å². The molecule has 1 aromatic heterocycles. The van der Waals surface area contributed by atoms with Crippen LogP contribution >= 0.6 is 35.3 Å². The van der Waals surface area contributed by atoms with Gasteiger partial charge in [-0.2, -0.15) is 0 Å². The van der Waals surface area contributed by atoms with Crippen LogP contribution in [0.15, 0.2) is 11.2 Å². The first-order chi connectivity index (χ1) is 12.2. The average Bonchev–Trinajstić information content (AvgIpc) is 3.08. The minimum absolute atomic E-state index is 0. The number of unbranched alkanes of at least 4 members (excludes halogenated alkanes) is 1. The fourth-order valence-corrected chi connectivity index (χ4v) is 4.15. The second-order valence-corrected chi connectivity index (χ2v) is 8.20. The third kappa shape index (κ3) is 8.99. The molecule has 0 aromatic carbocycles. The molecule has 1 aliphatic rings. The van der Waals surface area contributed by atoms with Crippen molar-refractivity contribution in [3.05, 3.63) is 16.1 Å².